The molecule has 0 radical (unpaired) electrons. The summed E-state index contributed by atoms with van der Waals surface area (Å²) >= 11 is 3.10. The Labute approximate surface area is 174 Å². The molecule has 0 atom stereocenters. The Balaban J connectivity index is 2.14. The maximum absolute atomic E-state index is 13.4. The molecular formula is C21H26N2O3S2. The smallest absolute Gasteiger partial charge is 0.268 e. The minimum absolute atomic E-state index is 0.157. The van der Waals surface area contributed by atoms with E-state index in [1.807, 2.05) is 39.8 Å². The second-order valence-electron chi connectivity index (χ2n) is 7.19. The van der Waals surface area contributed by atoms with E-state index in [-0.39, 0.29) is 5.57 Å². The lowest BCUT2D eigenvalue weighted by Gasteiger charge is -2.36. The summed E-state index contributed by atoms with van der Waals surface area (Å²) in [6.07, 6.45) is 2.63. The van der Waals surface area contributed by atoms with Crippen LogP contribution in [-0.4, -0.2) is 40.8 Å². The summed E-state index contributed by atoms with van der Waals surface area (Å²) in [6, 6.07) is 3.40. The monoisotopic (exact) mass is 418 g/mol. The van der Waals surface area contributed by atoms with E-state index in [2.05, 4.69) is 0 Å². The van der Waals surface area contributed by atoms with E-state index in [0.717, 1.165) is 45.3 Å². The Morgan fingerprint density at radius 3 is 2.14 bits per heavy atom. The number of aryl methyl sites for hydroxylation is 3. The summed E-state index contributed by atoms with van der Waals surface area (Å²) in [5.74, 6) is 0.837. The fraction of sp³-hybridized carbons (Fsp3) is 0.476. The number of unbranched alkanes of at least 4 members (excludes halogenated alkanes) is 1. The van der Waals surface area contributed by atoms with Gasteiger partial charge in [0.1, 0.15) is 5.57 Å². The van der Waals surface area contributed by atoms with Crippen LogP contribution in [0.5, 0.6) is 0 Å². The van der Waals surface area contributed by atoms with Crippen LogP contribution < -0.4 is 4.90 Å². The zero-order chi connectivity index (χ0) is 20.4. The third kappa shape index (κ3) is 3.87. The predicted octanol–water partition coefficient (Wildman–Crippen LogP) is 4.79. The van der Waals surface area contributed by atoms with Gasteiger partial charge in [-0.1, -0.05) is 31.0 Å². The lowest BCUT2D eigenvalue weighted by Crippen LogP contribution is -2.57. The lowest BCUT2D eigenvalue weighted by molar-refractivity contribution is -0.129. The molecule has 2 aliphatic heterocycles. The van der Waals surface area contributed by atoms with Crippen molar-refractivity contribution in [1.82, 2.24) is 4.90 Å². The Bertz CT molecular complexity index is 832. The minimum Gasteiger partial charge on any atom is -0.268 e. The molecule has 5 nitrogen and oxygen atoms in total. The number of amides is 4. The number of imide groups is 2. The van der Waals surface area contributed by atoms with Crippen molar-refractivity contribution in [2.24, 2.45) is 0 Å². The van der Waals surface area contributed by atoms with Gasteiger partial charge in [0.05, 0.1) is 9.92 Å². The number of thioether (sulfide) groups is 2. The van der Waals surface area contributed by atoms with Crippen molar-refractivity contribution in [3.63, 3.8) is 0 Å². The number of nitrogens with zero attached hydrogens (tertiary/aromatic N) is 2. The van der Waals surface area contributed by atoms with E-state index in [0.29, 0.717) is 18.7 Å². The van der Waals surface area contributed by atoms with E-state index < -0.39 is 17.8 Å². The molecule has 0 bridgehead atoms. The summed E-state index contributed by atoms with van der Waals surface area (Å²) in [7, 11) is 0. The van der Waals surface area contributed by atoms with E-state index in [9.17, 15) is 14.4 Å². The van der Waals surface area contributed by atoms with Gasteiger partial charge in [-0.25, -0.2) is 9.69 Å². The molecule has 1 aromatic carbocycles. The van der Waals surface area contributed by atoms with Gasteiger partial charge >= 0.3 is 6.03 Å². The van der Waals surface area contributed by atoms with Crippen LogP contribution in [0.25, 0.3) is 0 Å². The molecule has 0 saturated carbocycles. The first kappa shape index (κ1) is 21.0. The molecule has 28 heavy (non-hydrogen) atoms. The van der Waals surface area contributed by atoms with Gasteiger partial charge in [-0.3, -0.25) is 14.5 Å². The Hall–Kier alpha value is -1.73. The molecule has 0 aliphatic carbocycles. The van der Waals surface area contributed by atoms with E-state index in [1.165, 1.54) is 9.80 Å². The summed E-state index contributed by atoms with van der Waals surface area (Å²) in [5.41, 5.74) is 3.55. The average molecular weight is 419 g/mol. The van der Waals surface area contributed by atoms with Crippen LogP contribution in [0.1, 0.15) is 42.9 Å². The second kappa shape index (κ2) is 8.74. The third-order valence-corrected chi connectivity index (χ3v) is 7.48. The van der Waals surface area contributed by atoms with Crippen molar-refractivity contribution in [2.75, 3.05) is 23.0 Å². The van der Waals surface area contributed by atoms with Crippen molar-refractivity contribution in [3.05, 3.63) is 38.6 Å². The van der Waals surface area contributed by atoms with Crippen LogP contribution in [0, 0.1) is 20.8 Å². The first-order chi connectivity index (χ1) is 13.4. The Kier molecular flexibility index (Phi) is 6.55. The average Bonchev–Trinajstić information content (AvgIpc) is 2.64. The number of urea groups is 1. The molecule has 2 heterocycles. The highest BCUT2D eigenvalue weighted by Crippen LogP contribution is 2.41. The van der Waals surface area contributed by atoms with Gasteiger partial charge in [0.15, 0.2) is 0 Å². The fourth-order valence-corrected chi connectivity index (χ4v) is 6.22. The normalized spacial score (nSPS) is 18.4. The van der Waals surface area contributed by atoms with E-state index in [1.54, 1.807) is 23.5 Å². The van der Waals surface area contributed by atoms with Crippen molar-refractivity contribution in [2.45, 2.75) is 47.0 Å². The van der Waals surface area contributed by atoms with Crippen molar-refractivity contribution in [3.8, 4) is 0 Å². The zero-order valence-corrected chi connectivity index (χ0v) is 18.5. The summed E-state index contributed by atoms with van der Waals surface area (Å²) in [4.78, 5) is 42.3. The van der Waals surface area contributed by atoms with Crippen LogP contribution in [0.15, 0.2) is 21.9 Å². The van der Waals surface area contributed by atoms with Crippen LogP contribution in [-0.2, 0) is 9.59 Å². The number of barbiturate groups is 1. The number of rotatable bonds is 4. The van der Waals surface area contributed by atoms with Crippen molar-refractivity contribution >= 4 is 47.1 Å². The van der Waals surface area contributed by atoms with Crippen molar-refractivity contribution < 1.29 is 14.4 Å². The number of hydrogen-bond acceptors (Lipinski definition) is 5. The van der Waals surface area contributed by atoms with Crippen LogP contribution in [0.3, 0.4) is 0 Å². The third-order valence-electron chi connectivity index (χ3n) is 4.85. The molecule has 1 aromatic rings. The van der Waals surface area contributed by atoms with Crippen LogP contribution in [0.2, 0.25) is 0 Å². The Morgan fingerprint density at radius 1 is 0.964 bits per heavy atom. The zero-order valence-electron chi connectivity index (χ0n) is 16.8. The SMILES string of the molecule is CCCCN1C(=O)C(=C2SCCCS2)C(=O)N(c2c(C)cc(C)cc2C)C1=O. The summed E-state index contributed by atoms with van der Waals surface area (Å²) in [6.45, 7) is 8.14. The first-order valence-electron chi connectivity index (χ1n) is 9.64. The largest absolute Gasteiger partial charge is 0.338 e. The number of anilines is 1. The molecule has 2 aliphatic rings. The highest BCUT2D eigenvalue weighted by atomic mass is 32.2. The molecule has 2 saturated heterocycles. The van der Waals surface area contributed by atoms with Gasteiger partial charge in [-0.05, 0) is 56.2 Å². The second-order valence-corrected chi connectivity index (χ2v) is 9.66. The Morgan fingerprint density at radius 2 is 1.57 bits per heavy atom. The molecule has 4 amide bonds. The minimum atomic E-state index is -0.534. The first-order valence-corrected chi connectivity index (χ1v) is 11.6. The highest BCUT2D eigenvalue weighted by molar-refractivity contribution is 8.22. The lowest BCUT2D eigenvalue weighted by atomic mass is 10.0. The van der Waals surface area contributed by atoms with Crippen LogP contribution in [0.4, 0.5) is 10.5 Å². The molecule has 3 rings (SSSR count). The molecule has 2 fully saturated rings. The number of carbonyl (C=O) groups excluding carboxylic acids is 3. The molecule has 7 heteroatoms. The molecule has 0 unspecified atom stereocenters. The maximum atomic E-state index is 13.4. The summed E-state index contributed by atoms with van der Waals surface area (Å²) in [5, 5.41) is 0. The fourth-order valence-electron chi connectivity index (χ4n) is 3.62. The van der Waals surface area contributed by atoms with Gasteiger partial charge in [0.2, 0.25) is 0 Å². The predicted molar refractivity (Wildman–Crippen MR) is 117 cm³/mol. The number of benzene rings is 1. The van der Waals surface area contributed by atoms with E-state index in [4.69, 9.17) is 0 Å². The topological polar surface area (TPSA) is 57.7 Å². The van der Waals surface area contributed by atoms with Gasteiger partial charge in [-0.15, -0.1) is 23.5 Å². The molecule has 0 N–H and O–H groups in total. The highest BCUT2D eigenvalue weighted by Gasteiger charge is 2.45. The summed E-state index contributed by atoms with van der Waals surface area (Å²) < 4.78 is 0.752. The van der Waals surface area contributed by atoms with Gasteiger partial charge < -0.3 is 0 Å². The van der Waals surface area contributed by atoms with Gasteiger partial charge in [0.25, 0.3) is 11.8 Å². The quantitative estimate of drug-likeness (QED) is 0.520. The standard InChI is InChI=1S/C21H26N2O3S2/c1-5-6-8-22-18(24)16(20-27-9-7-10-28-20)19(25)23(21(22)26)17-14(3)11-13(2)12-15(17)4/h11-12H,5-10H2,1-4H3. The van der Waals surface area contributed by atoms with Crippen molar-refractivity contribution in [1.29, 1.82) is 0 Å². The maximum Gasteiger partial charge on any atom is 0.338 e. The molecule has 0 aromatic heterocycles. The molecule has 0 spiro atoms. The molecular weight excluding hydrogens is 392 g/mol. The number of carbonyl (C=O) groups is 3. The van der Waals surface area contributed by atoms with Gasteiger partial charge in [-0.2, -0.15) is 0 Å². The van der Waals surface area contributed by atoms with E-state index >= 15 is 0 Å². The number of hydrogen-bond donors (Lipinski definition) is 0. The van der Waals surface area contributed by atoms with Gasteiger partial charge in [0, 0.05) is 6.54 Å². The molecule has 150 valence electrons. The van der Waals surface area contributed by atoms with Crippen LogP contribution >= 0.6 is 23.5 Å².